The maximum Gasteiger partial charge on any atom is 0.240 e. The first-order valence-corrected chi connectivity index (χ1v) is 20.6. The lowest BCUT2D eigenvalue weighted by Gasteiger charge is -2.62. The largest absolute Gasteiger partial charge is 0.394 e. The van der Waals surface area contributed by atoms with Crippen molar-refractivity contribution in [2.24, 2.45) is 35.0 Å². The summed E-state index contributed by atoms with van der Waals surface area (Å²) in [5.41, 5.74) is 5.40. The van der Waals surface area contributed by atoms with Gasteiger partial charge in [-0.15, -0.1) is 0 Å². The number of nitrogens with one attached hydrogen (secondary N) is 1. The molecule has 7 rings (SSSR count). The second-order valence-electron chi connectivity index (χ2n) is 18.0. The number of carbonyl (C=O) groups is 1. The summed E-state index contributed by atoms with van der Waals surface area (Å²) in [5, 5.41) is 15.7. The summed E-state index contributed by atoms with van der Waals surface area (Å²) in [6.07, 6.45) is 3.81. The van der Waals surface area contributed by atoms with E-state index in [4.69, 9.17) is 9.57 Å². The predicted octanol–water partition coefficient (Wildman–Crippen LogP) is 6.19. The van der Waals surface area contributed by atoms with E-state index in [1.165, 1.54) is 23.2 Å². The summed E-state index contributed by atoms with van der Waals surface area (Å²) in [4.78, 5) is 28.1. The number of benzene rings is 2. The SMILES string of the molecule is CC[C@@H]1[C@H](CO)ON(Cc2cccc(CN(Cc3ccccc3N3CCOCC3)[C@H](CC(C)C)CN(C)C)c2)[C@@H]1C(=O)N[C@H]1C[C@H]2C[C@@H]([C@@H]1C)C2(C)C. The van der Waals surface area contributed by atoms with Crippen LogP contribution in [-0.2, 0) is 34.0 Å². The van der Waals surface area contributed by atoms with Gasteiger partial charge in [-0.2, -0.15) is 5.06 Å². The number of hydrogen-bond acceptors (Lipinski definition) is 8. The molecule has 3 saturated carbocycles. The standard InChI is InChI=1S/C44H69N5O4/c1-9-37-41(29-50)53-49(42(37)43(51)45-39-24-35-23-38(31(39)4)44(35,5)6)26-33-14-12-13-32(22-33)25-48(36(21-30(2)3)28-46(7)8)27-34-15-10-11-16-40(34)47-17-19-52-20-18-47/h10-16,22,30-31,35-39,41-42,50H,9,17-21,23-29H2,1-8H3,(H,45,51)/t31-,35+,36+,37+,38-,39-,41-,42-/m0/s1. The van der Waals surface area contributed by atoms with Crippen molar-refractivity contribution < 1.29 is 19.5 Å². The molecular formula is C44H69N5O4. The minimum Gasteiger partial charge on any atom is -0.394 e. The first-order chi connectivity index (χ1) is 25.4. The molecule has 9 nitrogen and oxygen atoms in total. The Hall–Kier alpha value is -2.53. The summed E-state index contributed by atoms with van der Waals surface area (Å²) in [6.45, 7) is 20.3. The maximum atomic E-state index is 14.2. The molecule has 2 aliphatic heterocycles. The average Bonchev–Trinajstić information content (AvgIpc) is 3.49. The van der Waals surface area contributed by atoms with E-state index in [1.807, 2.05) is 5.06 Å². The molecule has 3 aliphatic carbocycles. The van der Waals surface area contributed by atoms with Gasteiger partial charge in [-0.05, 0) is 91.6 Å². The molecule has 1 amide bonds. The van der Waals surface area contributed by atoms with E-state index < -0.39 is 6.04 Å². The van der Waals surface area contributed by atoms with Crippen LogP contribution >= 0.6 is 0 Å². The number of aliphatic hydroxyl groups excluding tert-OH is 1. The summed E-state index contributed by atoms with van der Waals surface area (Å²) >= 11 is 0. The first kappa shape index (κ1) is 40.1. The number of hydroxylamine groups is 2. The molecule has 0 spiro atoms. The molecule has 0 aromatic heterocycles. The number of amides is 1. The molecule has 2 saturated heterocycles. The lowest BCUT2D eigenvalue weighted by molar-refractivity contribution is -0.183. The van der Waals surface area contributed by atoms with E-state index in [-0.39, 0.29) is 30.6 Å². The van der Waals surface area contributed by atoms with Crippen molar-refractivity contribution >= 4 is 11.6 Å². The Labute approximate surface area is 320 Å². The zero-order valence-corrected chi connectivity index (χ0v) is 34.0. The molecule has 5 aliphatic rings. The van der Waals surface area contributed by atoms with Crippen molar-refractivity contribution in [2.75, 3.05) is 58.5 Å². The number of morpholine rings is 1. The lowest BCUT2D eigenvalue weighted by Crippen LogP contribution is -2.62. The van der Waals surface area contributed by atoms with Crippen LogP contribution in [0.5, 0.6) is 0 Å². The van der Waals surface area contributed by atoms with Gasteiger partial charge in [0, 0.05) is 56.4 Å². The molecule has 2 N–H and O–H groups in total. The summed E-state index contributed by atoms with van der Waals surface area (Å²) < 4.78 is 5.70. The highest BCUT2D eigenvalue weighted by Crippen LogP contribution is 2.61. The number of ether oxygens (including phenoxy) is 1. The van der Waals surface area contributed by atoms with E-state index >= 15 is 0 Å². The molecule has 2 aromatic rings. The van der Waals surface area contributed by atoms with Gasteiger partial charge >= 0.3 is 0 Å². The van der Waals surface area contributed by atoms with E-state index in [2.05, 4.69) is 124 Å². The quantitative estimate of drug-likeness (QED) is 0.212. The van der Waals surface area contributed by atoms with Crippen molar-refractivity contribution in [3.8, 4) is 0 Å². The normalized spacial score (nSPS) is 29.1. The Bertz CT molecular complexity index is 1480. The molecule has 53 heavy (non-hydrogen) atoms. The molecule has 2 bridgehead atoms. The van der Waals surface area contributed by atoms with E-state index in [1.54, 1.807) is 0 Å². The van der Waals surface area contributed by atoms with Gasteiger partial charge in [0.1, 0.15) is 12.1 Å². The number of nitrogens with zero attached hydrogens (tertiary/aromatic N) is 4. The molecule has 0 unspecified atom stereocenters. The highest BCUT2D eigenvalue weighted by molar-refractivity contribution is 5.82. The van der Waals surface area contributed by atoms with Gasteiger partial charge in [0.15, 0.2) is 0 Å². The number of carbonyl (C=O) groups excluding carboxylic acids is 1. The van der Waals surface area contributed by atoms with Crippen molar-refractivity contribution in [3.63, 3.8) is 0 Å². The third kappa shape index (κ3) is 9.13. The van der Waals surface area contributed by atoms with Crippen molar-refractivity contribution in [2.45, 2.75) is 111 Å². The minimum atomic E-state index is -0.442. The van der Waals surface area contributed by atoms with Gasteiger partial charge in [-0.1, -0.05) is 84.0 Å². The summed E-state index contributed by atoms with van der Waals surface area (Å²) in [6, 6.07) is 17.9. The lowest BCUT2D eigenvalue weighted by atomic mass is 9.45. The maximum absolute atomic E-state index is 14.2. The smallest absolute Gasteiger partial charge is 0.240 e. The fourth-order valence-corrected chi connectivity index (χ4v) is 10.3. The van der Waals surface area contributed by atoms with Crippen LogP contribution in [0, 0.1) is 35.0 Å². The number of para-hydroxylation sites is 1. The Kier molecular flexibility index (Phi) is 13.3. The molecule has 8 atom stereocenters. The zero-order chi connectivity index (χ0) is 37.9. The Balaban J connectivity index is 1.22. The number of hydrogen-bond donors (Lipinski definition) is 2. The number of anilines is 1. The van der Waals surface area contributed by atoms with Crippen LogP contribution in [0.15, 0.2) is 48.5 Å². The van der Waals surface area contributed by atoms with Gasteiger partial charge in [-0.3, -0.25) is 14.5 Å². The Morgan fingerprint density at radius 2 is 1.77 bits per heavy atom. The van der Waals surface area contributed by atoms with Crippen molar-refractivity contribution in [1.82, 2.24) is 20.2 Å². The monoisotopic (exact) mass is 732 g/mol. The van der Waals surface area contributed by atoms with Crippen LogP contribution in [0.2, 0.25) is 0 Å². The second-order valence-corrected chi connectivity index (χ2v) is 18.0. The number of likely N-dealkylation sites (N-methyl/N-ethyl adjacent to an activating group) is 1. The summed E-state index contributed by atoms with van der Waals surface area (Å²) in [7, 11) is 4.36. The van der Waals surface area contributed by atoms with Gasteiger partial charge in [0.2, 0.25) is 5.91 Å². The van der Waals surface area contributed by atoms with E-state index in [9.17, 15) is 9.90 Å². The molecular weight excluding hydrogens is 663 g/mol. The van der Waals surface area contributed by atoms with Gasteiger partial charge < -0.3 is 25.0 Å². The van der Waals surface area contributed by atoms with Gasteiger partial charge in [-0.25, -0.2) is 0 Å². The zero-order valence-electron chi connectivity index (χ0n) is 34.0. The van der Waals surface area contributed by atoms with E-state index in [0.717, 1.165) is 70.8 Å². The van der Waals surface area contributed by atoms with Crippen LogP contribution in [0.1, 0.15) is 83.9 Å². The Morgan fingerprint density at radius 3 is 2.43 bits per heavy atom. The molecule has 9 heteroatoms. The molecule has 0 radical (unpaired) electrons. The first-order valence-electron chi connectivity index (χ1n) is 20.6. The molecule has 2 aromatic carbocycles. The van der Waals surface area contributed by atoms with Crippen molar-refractivity contribution in [3.05, 3.63) is 65.2 Å². The second kappa shape index (κ2) is 17.5. The van der Waals surface area contributed by atoms with Crippen LogP contribution in [0.3, 0.4) is 0 Å². The fraction of sp³-hybridized carbons (Fsp3) is 0.705. The average molecular weight is 732 g/mol. The van der Waals surface area contributed by atoms with Crippen LogP contribution in [0.25, 0.3) is 0 Å². The highest BCUT2D eigenvalue weighted by Gasteiger charge is 2.57. The van der Waals surface area contributed by atoms with E-state index in [0.29, 0.717) is 41.7 Å². The fourth-order valence-electron chi connectivity index (χ4n) is 10.3. The topological polar surface area (TPSA) is 80.8 Å². The molecule has 5 fully saturated rings. The number of fused-ring (bicyclic) bond motifs is 2. The summed E-state index contributed by atoms with van der Waals surface area (Å²) in [5.74, 6) is 2.32. The van der Waals surface area contributed by atoms with Crippen molar-refractivity contribution in [1.29, 1.82) is 0 Å². The number of rotatable bonds is 16. The predicted molar refractivity (Wildman–Crippen MR) is 213 cm³/mol. The van der Waals surface area contributed by atoms with Crippen LogP contribution in [-0.4, -0.2) is 104 Å². The van der Waals surface area contributed by atoms with Crippen LogP contribution < -0.4 is 10.2 Å². The highest BCUT2D eigenvalue weighted by atomic mass is 16.7. The third-order valence-electron chi connectivity index (χ3n) is 13.3. The molecule has 294 valence electrons. The van der Waals surface area contributed by atoms with Gasteiger partial charge in [0.05, 0.1) is 26.4 Å². The van der Waals surface area contributed by atoms with Crippen LogP contribution in [0.4, 0.5) is 5.69 Å². The van der Waals surface area contributed by atoms with Gasteiger partial charge in [0.25, 0.3) is 0 Å². The minimum absolute atomic E-state index is 0.0465. The number of aliphatic hydroxyl groups is 1. The Morgan fingerprint density at radius 1 is 1.04 bits per heavy atom. The molecule has 2 heterocycles. The third-order valence-corrected chi connectivity index (χ3v) is 13.3.